The molecular weight excluding hydrogens is 474 g/mol. The molecule has 7 heteroatoms. The van der Waals surface area contributed by atoms with Gasteiger partial charge in [-0.3, -0.25) is 14.3 Å². The van der Waals surface area contributed by atoms with Crippen LogP contribution >= 0.6 is 0 Å². The lowest BCUT2D eigenvalue weighted by Crippen LogP contribution is -2.52. The van der Waals surface area contributed by atoms with Gasteiger partial charge in [-0.1, -0.05) is 24.3 Å². The molecule has 194 valence electrons. The van der Waals surface area contributed by atoms with Crippen LogP contribution in [0.4, 0.5) is 5.69 Å². The van der Waals surface area contributed by atoms with Gasteiger partial charge in [0.05, 0.1) is 23.2 Å². The summed E-state index contributed by atoms with van der Waals surface area (Å²) >= 11 is 0. The van der Waals surface area contributed by atoms with E-state index in [1.54, 1.807) is 13.3 Å². The van der Waals surface area contributed by atoms with E-state index in [0.29, 0.717) is 18.3 Å². The molecule has 0 unspecified atom stereocenters. The van der Waals surface area contributed by atoms with E-state index in [0.717, 1.165) is 54.8 Å². The zero-order valence-corrected chi connectivity index (χ0v) is 22.2. The van der Waals surface area contributed by atoms with Crippen molar-refractivity contribution in [3.63, 3.8) is 0 Å². The number of rotatable bonds is 6. The Morgan fingerprint density at radius 2 is 1.84 bits per heavy atom. The molecule has 4 heterocycles. The van der Waals surface area contributed by atoms with Crippen LogP contribution in [0.2, 0.25) is 0 Å². The smallest absolute Gasteiger partial charge is 0.359 e. The number of carbonyl (C=O) groups excluding carboxylic acids is 1. The van der Waals surface area contributed by atoms with Crippen LogP contribution in [0.15, 0.2) is 67.0 Å². The molecular formula is C31H33N5O2. The van der Waals surface area contributed by atoms with Crippen LogP contribution in [0.3, 0.4) is 0 Å². The summed E-state index contributed by atoms with van der Waals surface area (Å²) in [6.45, 7) is 10.5. The number of esters is 1. The molecule has 1 aliphatic heterocycles. The van der Waals surface area contributed by atoms with Crippen molar-refractivity contribution < 1.29 is 9.53 Å². The molecule has 0 saturated carbocycles. The number of aromatic nitrogens is 3. The second-order valence-electron chi connectivity index (χ2n) is 10.1. The van der Waals surface area contributed by atoms with Gasteiger partial charge in [-0.05, 0) is 69.2 Å². The highest BCUT2D eigenvalue weighted by Gasteiger charge is 2.25. The Morgan fingerprint density at radius 3 is 2.68 bits per heavy atom. The van der Waals surface area contributed by atoms with Crippen molar-refractivity contribution in [1.82, 2.24) is 19.3 Å². The molecule has 7 nitrogen and oxygen atoms in total. The summed E-state index contributed by atoms with van der Waals surface area (Å²) in [7, 11) is 0. The third-order valence-corrected chi connectivity index (χ3v) is 7.74. The van der Waals surface area contributed by atoms with E-state index >= 15 is 0 Å². The molecule has 0 amide bonds. The third kappa shape index (κ3) is 4.37. The van der Waals surface area contributed by atoms with Gasteiger partial charge >= 0.3 is 5.97 Å². The molecule has 0 aliphatic carbocycles. The van der Waals surface area contributed by atoms with Gasteiger partial charge in [0.2, 0.25) is 0 Å². The van der Waals surface area contributed by atoms with Crippen molar-refractivity contribution in [2.45, 2.75) is 33.2 Å². The maximum atomic E-state index is 12.3. The zero-order valence-electron chi connectivity index (χ0n) is 22.2. The van der Waals surface area contributed by atoms with Crippen LogP contribution < -0.4 is 4.90 Å². The van der Waals surface area contributed by atoms with Crippen LogP contribution in [-0.2, 0) is 11.2 Å². The summed E-state index contributed by atoms with van der Waals surface area (Å²) in [5, 5.41) is 2.42. The predicted octanol–water partition coefficient (Wildman–Crippen LogP) is 5.27. The number of aryl methyl sites for hydroxylation is 1. The Kier molecular flexibility index (Phi) is 6.45. The SMILES string of the molecule is CCOC(=O)c1ncn2c1ccc1c(CCN3CCN(c4cccc5nc(C)ccc45)C[C@H]3C)cccc12. The quantitative estimate of drug-likeness (QED) is 0.292. The molecule has 0 spiro atoms. The van der Waals surface area contributed by atoms with Gasteiger partial charge in [0.1, 0.15) is 6.33 Å². The van der Waals surface area contributed by atoms with Crippen molar-refractivity contribution in [2.75, 3.05) is 37.7 Å². The molecule has 0 N–H and O–H groups in total. The molecule has 0 bridgehead atoms. The van der Waals surface area contributed by atoms with Gasteiger partial charge in [-0.25, -0.2) is 9.78 Å². The highest BCUT2D eigenvalue weighted by atomic mass is 16.5. The first-order chi connectivity index (χ1) is 18.5. The second kappa shape index (κ2) is 10.1. The minimum absolute atomic E-state index is 0.334. The normalized spacial score (nSPS) is 16.5. The number of ether oxygens (including phenoxy) is 1. The van der Waals surface area contributed by atoms with Gasteiger partial charge in [-0.2, -0.15) is 0 Å². The molecule has 6 rings (SSSR count). The Labute approximate surface area is 222 Å². The fraction of sp³-hybridized carbons (Fsp3) is 0.323. The fourth-order valence-electron chi connectivity index (χ4n) is 5.77. The minimum atomic E-state index is -0.381. The Balaban J connectivity index is 1.18. The number of anilines is 1. The summed E-state index contributed by atoms with van der Waals surface area (Å²) in [4.78, 5) is 26.5. The average molecular weight is 508 g/mol. The number of imidazole rings is 1. The van der Waals surface area contributed by atoms with Crippen molar-refractivity contribution >= 4 is 39.0 Å². The van der Waals surface area contributed by atoms with Crippen LogP contribution in [0.5, 0.6) is 0 Å². The molecule has 38 heavy (non-hydrogen) atoms. The van der Waals surface area contributed by atoms with E-state index in [2.05, 4.69) is 76.3 Å². The lowest BCUT2D eigenvalue weighted by Gasteiger charge is -2.41. The van der Waals surface area contributed by atoms with E-state index in [-0.39, 0.29) is 5.97 Å². The molecule has 1 saturated heterocycles. The molecule has 2 aromatic carbocycles. The Bertz CT molecular complexity index is 1640. The number of pyridine rings is 2. The Hall–Kier alpha value is -3.97. The first-order valence-electron chi connectivity index (χ1n) is 13.4. The van der Waals surface area contributed by atoms with Gasteiger partial charge in [-0.15, -0.1) is 0 Å². The number of fused-ring (bicyclic) bond motifs is 4. The van der Waals surface area contributed by atoms with E-state index < -0.39 is 0 Å². The topological polar surface area (TPSA) is 63.0 Å². The minimum Gasteiger partial charge on any atom is -0.461 e. The number of nitrogens with zero attached hydrogens (tertiary/aromatic N) is 5. The number of hydrogen-bond donors (Lipinski definition) is 0. The van der Waals surface area contributed by atoms with E-state index in [9.17, 15) is 4.79 Å². The van der Waals surface area contributed by atoms with Gasteiger partial charge in [0.15, 0.2) is 5.69 Å². The van der Waals surface area contributed by atoms with Crippen LogP contribution in [0.1, 0.15) is 35.6 Å². The highest BCUT2D eigenvalue weighted by molar-refractivity contribution is 5.97. The molecule has 3 aromatic heterocycles. The lowest BCUT2D eigenvalue weighted by molar-refractivity contribution is 0.0522. The van der Waals surface area contributed by atoms with Crippen LogP contribution in [-0.4, -0.2) is 64.1 Å². The first kappa shape index (κ1) is 24.4. The van der Waals surface area contributed by atoms with E-state index in [1.807, 2.05) is 17.4 Å². The average Bonchev–Trinajstić information content (AvgIpc) is 3.37. The maximum Gasteiger partial charge on any atom is 0.359 e. The predicted molar refractivity (Wildman–Crippen MR) is 152 cm³/mol. The van der Waals surface area contributed by atoms with Gasteiger partial charge in [0.25, 0.3) is 0 Å². The largest absolute Gasteiger partial charge is 0.461 e. The zero-order chi connectivity index (χ0) is 26.2. The van der Waals surface area contributed by atoms with Crippen LogP contribution in [0, 0.1) is 6.92 Å². The van der Waals surface area contributed by atoms with E-state index in [1.165, 1.54) is 22.0 Å². The summed E-state index contributed by atoms with van der Waals surface area (Å²) < 4.78 is 7.17. The first-order valence-corrected chi connectivity index (χ1v) is 13.4. The Morgan fingerprint density at radius 1 is 1.00 bits per heavy atom. The van der Waals surface area contributed by atoms with Crippen molar-refractivity contribution in [2.24, 2.45) is 0 Å². The van der Waals surface area contributed by atoms with Gasteiger partial charge < -0.3 is 9.64 Å². The number of carbonyl (C=O) groups is 1. The summed E-state index contributed by atoms with van der Waals surface area (Å²) in [6.07, 6.45) is 2.68. The molecule has 1 atom stereocenters. The summed E-state index contributed by atoms with van der Waals surface area (Å²) in [6, 6.07) is 21.7. The summed E-state index contributed by atoms with van der Waals surface area (Å²) in [5.41, 5.74) is 6.90. The third-order valence-electron chi connectivity index (χ3n) is 7.74. The van der Waals surface area contributed by atoms with Crippen LogP contribution in [0.25, 0.3) is 27.3 Å². The lowest BCUT2D eigenvalue weighted by atomic mass is 10.0. The van der Waals surface area contributed by atoms with E-state index in [4.69, 9.17) is 9.72 Å². The number of piperazine rings is 1. The van der Waals surface area contributed by atoms with Gasteiger partial charge in [0, 0.05) is 54.4 Å². The van der Waals surface area contributed by atoms with Crippen molar-refractivity contribution in [1.29, 1.82) is 0 Å². The molecule has 1 fully saturated rings. The molecule has 5 aromatic rings. The molecule has 0 radical (unpaired) electrons. The number of hydrogen-bond acceptors (Lipinski definition) is 6. The second-order valence-corrected chi connectivity index (χ2v) is 10.1. The highest BCUT2D eigenvalue weighted by Crippen LogP contribution is 2.29. The monoisotopic (exact) mass is 507 g/mol. The standard InChI is InChI=1S/C31H33N5O2/c1-4-38-31(37)30-29-14-13-24-23(7-5-10-28(24)36(29)20-32-30)15-16-34-17-18-35(19-22(34)3)27-9-6-8-26-25(27)12-11-21(2)33-26/h5-14,20,22H,4,15-19H2,1-3H3/t22-/m1/s1. The van der Waals surface area contributed by atoms with Crippen molar-refractivity contribution in [3.8, 4) is 0 Å². The molecule has 1 aliphatic rings. The number of benzene rings is 2. The fourth-order valence-corrected chi connectivity index (χ4v) is 5.77. The summed E-state index contributed by atoms with van der Waals surface area (Å²) in [5.74, 6) is -0.381. The van der Waals surface area contributed by atoms with Crippen molar-refractivity contribution in [3.05, 3.63) is 83.9 Å². The maximum absolute atomic E-state index is 12.3.